The fourth-order valence-electron chi connectivity index (χ4n) is 3.26. The van der Waals surface area contributed by atoms with Crippen LogP contribution in [-0.2, 0) is 9.53 Å². The topological polar surface area (TPSA) is 67.9 Å². The van der Waals surface area contributed by atoms with E-state index >= 15 is 0 Å². The molecule has 0 radical (unpaired) electrons. The minimum atomic E-state index is -1.24. The highest BCUT2D eigenvalue weighted by molar-refractivity contribution is 6.17. The molecule has 0 fully saturated rings. The molecule has 5 nitrogen and oxygen atoms in total. The Bertz CT molecular complexity index is 912. The number of rotatable bonds is 4. The Balaban J connectivity index is 2.17. The molecule has 2 N–H and O–H groups in total. The van der Waals surface area contributed by atoms with Gasteiger partial charge >= 0.3 is 5.97 Å². The van der Waals surface area contributed by atoms with Gasteiger partial charge in [0.15, 0.2) is 5.54 Å². The molecule has 1 aliphatic rings. The van der Waals surface area contributed by atoms with Crippen LogP contribution in [0.2, 0.25) is 0 Å². The number of hydrogen-bond donors (Lipinski definition) is 1. The van der Waals surface area contributed by atoms with Gasteiger partial charge in [-0.25, -0.2) is 9.18 Å². The van der Waals surface area contributed by atoms with Gasteiger partial charge < -0.3 is 15.4 Å². The van der Waals surface area contributed by atoms with Crippen LogP contribution in [0.3, 0.4) is 0 Å². The van der Waals surface area contributed by atoms with E-state index in [1.165, 1.54) is 6.07 Å². The largest absolute Gasteiger partial charge is 0.464 e. The van der Waals surface area contributed by atoms with Crippen molar-refractivity contribution < 1.29 is 13.9 Å². The summed E-state index contributed by atoms with van der Waals surface area (Å²) in [6.45, 7) is 5.94. The van der Waals surface area contributed by atoms with Gasteiger partial charge in [-0.05, 0) is 31.0 Å². The predicted octanol–water partition coefficient (Wildman–Crippen LogP) is 3.36. The number of likely N-dealkylation sites (N-methyl/N-ethyl adjacent to an activating group) is 1. The zero-order valence-electron chi connectivity index (χ0n) is 16.6. The molecule has 28 heavy (non-hydrogen) atoms. The Kier molecular flexibility index (Phi) is 5.52. The number of halogens is 1. The van der Waals surface area contributed by atoms with Crippen LogP contribution in [0.5, 0.6) is 0 Å². The first-order valence-electron chi connectivity index (χ1n) is 9.35. The number of nitrogens with zero attached hydrogens (tertiary/aromatic N) is 2. The van der Waals surface area contributed by atoms with Crippen molar-refractivity contribution in [1.29, 1.82) is 0 Å². The smallest absolute Gasteiger partial charge is 0.335 e. The molecule has 148 valence electrons. The second-order valence-corrected chi connectivity index (χ2v) is 7.62. The van der Waals surface area contributed by atoms with Gasteiger partial charge in [-0.1, -0.05) is 44.2 Å². The van der Waals surface area contributed by atoms with E-state index in [9.17, 15) is 9.18 Å². The molecule has 1 heterocycles. The van der Waals surface area contributed by atoms with Crippen molar-refractivity contribution in [2.24, 2.45) is 16.6 Å². The molecule has 0 saturated heterocycles. The lowest BCUT2D eigenvalue weighted by molar-refractivity contribution is -0.151. The molecule has 6 heteroatoms. The normalized spacial score (nSPS) is 21.8. The molecule has 2 atom stereocenters. The quantitative estimate of drug-likeness (QED) is 0.822. The zero-order chi connectivity index (χ0) is 20.5. The van der Waals surface area contributed by atoms with Gasteiger partial charge in [-0.3, -0.25) is 4.99 Å². The minimum absolute atomic E-state index is 0.199. The van der Waals surface area contributed by atoms with Crippen LogP contribution < -0.4 is 10.6 Å². The Morgan fingerprint density at radius 3 is 2.46 bits per heavy atom. The van der Waals surface area contributed by atoms with Crippen molar-refractivity contribution in [3.63, 3.8) is 0 Å². The number of carbonyl (C=O) groups is 1. The number of benzene rings is 2. The van der Waals surface area contributed by atoms with E-state index in [0.717, 1.165) is 5.69 Å². The Hall–Kier alpha value is -2.73. The molecule has 3 rings (SSSR count). The molecule has 0 aromatic heterocycles. The highest BCUT2D eigenvalue weighted by Crippen LogP contribution is 2.35. The summed E-state index contributed by atoms with van der Waals surface area (Å²) >= 11 is 0. The number of aliphatic imine (C=N–C) groups is 1. The average Bonchev–Trinajstić information content (AvgIpc) is 2.76. The lowest BCUT2D eigenvalue weighted by Gasteiger charge is -2.39. The van der Waals surface area contributed by atoms with E-state index in [-0.39, 0.29) is 5.92 Å². The standard InChI is InChI=1S/C22H26FN3O2/c1-14(2)13-28-21(27)22(3)20(24)25-19(15-9-5-7-11-17(15)23)16-10-6-8-12-18(16)26(22)4/h5-12,14,20H,13,24H2,1-4H3. The summed E-state index contributed by atoms with van der Waals surface area (Å²) in [5, 5.41) is 0. The van der Waals surface area contributed by atoms with Crippen molar-refractivity contribution in [2.45, 2.75) is 32.5 Å². The van der Waals surface area contributed by atoms with Gasteiger partial charge in [0.2, 0.25) is 0 Å². The van der Waals surface area contributed by atoms with Crippen LogP contribution in [0.25, 0.3) is 0 Å². The highest BCUT2D eigenvalue weighted by Gasteiger charge is 2.48. The number of fused-ring (bicyclic) bond motifs is 1. The number of anilines is 1. The number of carbonyl (C=O) groups excluding carboxylic acids is 1. The van der Waals surface area contributed by atoms with Gasteiger partial charge in [0.1, 0.15) is 12.0 Å². The predicted molar refractivity (Wildman–Crippen MR) is 109 cm³/mol. The first-order valence-corrected chi connectivity index (χ1v) is 9.35. The summed E-state index contributed by atoms with van der Waals surface area (Å²) in [5.41, 5.74) is 7.40. The van der Waals surface area contributed by atoms with Gasteiger partial charge in [0.05, 0.1) is 12.3 Å². The lowest BCUT2D eigenvalue weighted by atomic mass is 9.95. The second-order valence-electron chi connectivity index (χ2n) is 7.62. The SMILES string of the molecule is CC(C)COC(=O)C1(C)C(N)N=C(c2ccccc2F)c2ccccc2N1C. The number of esters is 1. The minimum Gasteiger partial charge on any atom is -0.464 e. The van der Waals surface area contributed by atoms with E-state index in [2.05, 4.69) is 4.99 Å². The van der Waals surface area contributed by atoms with Gasteiger partial charge in [-0.2, -0.15) is 0 Å². The maximum absolute atomic E-state index is 14.6. The Morgan fingerprint density at radius 2 is 1.82 bits per heavy atom. The molecular weight excluding hydrogens is 357 g/mol. The molecule has 0 saturated carbocycles. The summed E-state index contributed by atoms with van der Waals surface area (Å²) in [4.78, 5) is 19.4. The van der Waals surface area contributed by atoms with E-state index in [0.29, 0.717) is 23.4 Å². The van der Waals surface area contributed by atoms with Gasteiger partial charge in [-0.15, -0.1) is 0 Å². The number of ether oxygens (including phenoxy) is 1. The molecule has 0 spiro atoms. The summed E-state index contributed by atoms with van der Waals surface area (Å²) in [6, 6.07) is 13.9. The van der Waals surface area contributed by atoms with Gasteiger partial charge in [0.25, 0.3) is 0 Å². The monoisotopic (exact) mass is 383 g/mol. The van der Waals surface area contributed by atoms with Crippen molar-refractivity contribution in [2.75, 3.05) is 18.6 Å². The van der Waals surface area contributed by atoms with Crippen LogP contribution in [0.4, 0.5) is 10.1 Å². The van der Waals surface area contributed by atoms with E-state index in [4.69, 9.17) is 10.5 Å². The van der Waals surface area contributed by atoms with Crippen molar-refractivity contribution in [3.8, 4) is 0 Å². The molecule has 2 aromatic carbocycles. The second kappa shape index (κ2) is 7.72. The highest BCUT2D eigenvalue weighted by atomic mass is 19.1. The fourth-order valence-corrected chi connectivity index (χ4v) is 3.26. The average molecular weight is 383 g/mol. The third-order valence-corrected chi connectivity index (χ3v) is 5.15. The molecule has 0 amide bonds. The zero-order valence-corrected chi connectivity index (χ0v) is 16.6. The number of hydrogen-bond acceptors (Lipinski definition) is 5. The third-order valence-electron chi connectivity index (χ3n) is 5.15. The summed E-state index contributed by atoms with van der Waals surface area (Å²) in [5.74, 6) is -0.647. The van der Waals surface area contributed by atoms with Gasteiger partial charge in [0, 0.05) is 23.9 Å². The van der Waals surface area contributed by atoms with Crippen LogP contribution in [0, 0.1) is 11.7 Å². The molecule has 0 bridgehead atoms. The van der Waals surface area contributed by atoms with Crippen molar-refractivity contribution >= 4 is 17.4 Å². The number of benzodiazepines with no additional fused rings is 1. The van der Waals surface area contributed by atoms with E-state index in [1.807, 2.05) is 38.1 Å². The van der Waals surface area contributed by atoms with E-state index < -0.39 is 23.5 Å². The number of nitrogens with two attached hydrogens (primary N) is 1. The van der Waals surface area contributed by atoms with Crippen LogP contribution in [0.1, 0.15) is 31.9 Å². The van der Waals surface area contributed by atoms with E-state index in [1.54, 1.807) is 37.1 Å². The summed E-state index contributed by atoms with van der Waals surface area (Å²) in [7, 11) is 1.79. The van der Waals surface area contributed by atoms with Crippen LogP contribution in [0.15, 0.2) is 53.5 Å². The molecular formula is C22H26FN3O2. The van der Waals surface area contributed by atoms with Crippen LogP contribution in [-0.4, -0.2) is 37.0 Å². The molecule has 2 aromatic rings. The molecule has 1 aliphatic heterocycles. The third kappa shape index (κ3) is 3.40. The first kappa shape index (κ1) is 20.0. The van der Waals surface area contributed by atoms with Crippen molar-refractivity contribution in [1.82, 2.24) is 0 Å². The summed E-state index contributed by atoms with van der Waals surface area (Å²) in [6.07, 6.45) is -0.945. The maximum atomic E-state index is 14.6. The molecule has 2 unspecified atom stereocenters. The first-order chi connectivity index (χ1) is 13.3. The maximum Gasteiger partial charge on any atom is 0.335 e. The fraction of sp³-hybridized carbons (Fsp3) is 0.364. The Morgan fingerprint density at radius 1 is 1.21 bits per heavy atom. The Labute approximate surface area is 165 Å². The number of para-hydroxylation sites is 1. The molecule has 0 aliphatic carbocycles. The van der Waals surface area contributed by atoms with Crippen molar-refractivity contribution in [3.05, 3.63) is 65.5 Å². The van der Waals surface area contributed by atoms with Crippen LogP contribution >= 0.6 is 0 Å². The lowest BCUT2D eigenvalue weighted by Crippen LogP contribution is -2.62. The summed E-state index contributed by atoms with van der Waals surface area (Å²) < 4.78 is 20.1.